The summed E-state index contributed by atoms with van der Waals surface area (Å²) in [5, 5.41) is 12.3. The first-order valence-electron chi connectivity index (χ1n) is 12.9. The maximum absolute atomic E-state index is 8.82. The van der Waals surface area contributed by atoms with Gasteiger partial charge in [0.05, 0.1) is 11.4 Å². The lowest BCUT2D eigenvalue weighted by Gasteiger charge is -2.45. The molecule has 8 heteroatoms. The van der Waals surface area contributed by atoms with Crippen molar-refractivity contribution in [3.05, 3.63) is 41.9 Å². The van der Waals surface area contributed by atoms with E-state index in [0.717, 1.165) is 70.0 Å². The molecular formula is C27H39N7O. The molecule has 35 heavy (non-hydrogen) atoms. The predicted molar refractivity (Wildman–Crippen MR) is 141 cm³/mol. The van der Waals surface area contributed by atoms with Crippen molar-refractivity contribution >= 4 is 17.2 Å². The number of ether oxygens (including phenoxy) is 1. The molecule has 0 radical (unpaired) electrons. The Bertz CT molecular complexity index is 1070. The molecule has 1 aromatic heterocycles. The fraction of sp³-hybridized carbons (Fsp3) is 0.593. The maximum Gasteiger partial charge on any atom is 0.132 e. The van der Waals surface area contributed by atoms with Crippen LogP contribution in [0.25, 0.3) is 0 Å². The zero-order valence-electron chi connectivity index (χ0n) is 21.3. The van der Waals surface area contributed by atoms with Crippen LogP contribution in [0.4, 0.5) is 11.5 Å². The lowest BCUT2D eigenvalue weighted by atomic mass is 9.92. The first kappa shape index (κ1) is 24.0. The number of hydrogen-bond donors (Lipinski definition) is 3. The Labute approximate surface area is 208 Å². The third-order valence-electron chi connectivity index (χ3n) is 7.91. The molecule has 188 valence electrons. The van der Waals surface area contributed by atoms with Gasteiger partial charge in [-0.25, -0.2) is 9.97 Å². The van der Waals surface area contributed by atoms with Crippen molar-refractivity contribution in [1.29, 1.82) is 5.41 Å². The molecule has 8 nitrogen and oxygen atoms in total. The van der Waals surface area contributed by atoms with Crippen LogP contribution >= 0.6 is 0 Å². The molecule has 1 saturated carbocycles. The Hall–Kier alpha value is -2.71. The Morgan fingerprint density at radius 1 is 1.14 bits per heavy atom. The number of piperidine rings is 1. The molecule has 2 aliphatic heterocycles. The number of hydrogen-bond acceptors (Lipinski definition) is 8. The molecule has 3 aliphatic rings. The first-order valence-corrected chi connectivity index (χ1v) is 12.9. The van der Waals surface area contributed by atoms with Gasteiger partial charge in [0.15, 0.2) is 0 Å². The lowest BCUT2D eigenvalue weighted by molar-refractivity contribution is 0.0678. The highest BCUT2D eigenvalue weighted by Crippen LogP contribution is 2.40. The zero-order valence-corrected chi connectivity index (χ0v) is 21.3. The van der Waals surface area contributed by atoms with Crippen LogP contribution in [0.3, 0.4) is 0 Å². The topological polar surface area (TPSA) is 103 Å². The molecule has 0 spiro atoms. The summed E-state index contributed by atoms with van der Waals surface area (Å²) in [5.41, 5.74) is 8.47. The van der Waals surface area contributed by atoms with E-state index in [2.05, 4.69) is 45.9 Å². The molecule has 5 rings (SSSR count). The molecule has 0 bridgehead atoms. The van der Waals surface area contributed by atoms with Crippen molar-refractivity contribution in [2.75, 3.05) is 49.9 Å². The summed E-state index contributed by atoms with van der Waals surface area (Å²) in [6, 6.07) is 7.49. The summed E-state index contributed by atoms with van der Waals surface area (Å²) in [4.78, 5) is 13.9. The highest BCUT2D eigenvalue weighted by molar-refractivity contribution is 6.13. The van der Waals surface area contributed by atoms with Gasteiger partial charge in [0.1, 0.15) is 23.5 Å². The normalized spacial score (nSPS) is 22.1. The smallest absolute Gasteiger partial charge is 0.132 e. The molecule has 3 fully saturated rings. The van der Waals surface area contributed by atoms with Crippen LogP contribution < -0.4 is 20.7 Å². The Balaban J connectivity index is 1.23. The highest BCUT2D eigenvalue weighted by Gasteiger charge is 2.40. The van der Waals surface area contributed by atoms with Gasteiger partial charge in [0.25, 0.3) is 0 Å². The minimum absolute atomic E-state index is 0.0789. The monoisotopic (exact) mass is 477 g/mol. The molecule has 1 aliphatic carbocycles. The molecule has 0 amide bonds. The van der Waals surface area contributed by atoms with Gasteiger partial charge >= 0.3 is 0 Å². The van der Waals surface area contributed by atoms with Crippen LogP contribution in [-0.4, -0.2) is 71.0 Å². The minimum Gasteiger partial charge on any atom is -0.488 e. The molecule has 0 atom stereocenters. The van der Waals surface area contributed by atoms with E-state index in [0.29, 0.717) is 28.6 Å². The van der Waals surface area contributed by atoms with Crippen LogP contribution in [0.1, 0.15) is 57.7 Å². The van der Waals surface area contributed by atoms with E-state index in [1.807, 2.05) is 24.3 Å². The van der Waals surface area contributed by atoms with Gasteiger partial charge in [0.2, 0.25) is 0 Å². The first-order chi connectivity index (χ1) is 16.7. The molecule has 1 aromatic carbocycles. The van der Waals surface area contributed by atoms with E-state index >= 15 is 0 Å². The number of benzene rings is 1. The molecule has 3 heterocycles. The molecule has 2 saturated heterocycles. The van der Waals surface area contributed by atoms with Gasteiger partial charge in [-0.3, -0.25) is 10.3 Å². The van der Waals surface area contributed by atoms with Crippen molar-refractivity contribution in [3.8, 4) is 5.75 Å². The number of aromatic nitrogens is 2. The number of anilines is 2. The highest BCUT2D eigenvalue weighted by atomic mass is 16.5. The van der Waals surface area contributed by atoms with Crippen LogP contribution in [-0.2, 0) is 0 Å². The van der Waals surface area contributed by atoms with Gasteiger partial charge in [-0.15, -0.1) is 0 Å². The molecular weight excluding hydrogens is 438 g/mol. The van der Waals surface area contributed by atoms with Crippen LogP contribution in [0.5, 0.6) is 5.75 Å². The molecule has 2 aromatic rings. The summed E-state index contributed by atoms with van der Waals surface area (Å²) < 4.78 is 6.09. The fourth-order valence-electron chi connectivity index (χ4n) is 5.19. The molecule has 0 unspecified atom stereocenters. The second-order valence-corrected chi connectivity index (χ2v) is 11.3. The second-order valence-electron chi connectivity index (χ2n) is 11.3. The second kappa shape index (κ2) is 9.39. The number of nitrogen functional groups attached to an aromatic ring is 1. The van der Waals surface area contributed by atoms with Gasteiger partial charge in [0, 0.05) is 62.1 Å². The SMILES string of the molecule is CC1(Oc2ccc(N)c(C(=N)c3cc(N4CCC(CN5CCNCC5(C)C)CC4)ncn3)c2)CC1. The van der Waals surface area contributed by atoms with Crippen molar-refractivity contribution < 1.29 is 4.74 Å². The van der Waals surface area contributed by atoms with E-state index < -0.39 is 0 Å². The number of rotatable bonds is 7. The van der Waals surface area contributed by atoms with E-state index in [-0.39, 0.29) is 11.1 Å². The van der Waals surface area contributed by atoms with E-state index in [1.54, 1.807) is 6.33 Å². The molecule has 4 N–H and O–H groups in total. The van der Waals surface area contributed by atoms with Gasteiger partial charge in [-0.05, 0) is 70.6 Å². The van der Waals surface area contributed by atoms with E-state index in [4.69, 9.17) is 15.9 Å². The Morgan fingerprint density at radius 3 is 2.63 bits per heavy atom. The third kappa shape index (κ3) is 5.43. The average molecular weight is 478 g/mol. The zero-order chi connectivity index (χ0) is 24.6. The number of nitrogens with zero attached hydrogens (tertiary/aromatic N) is 4. The lowest BCUT2D eigenvalue weighted by Crippen LogP contribution is -2.59. The summed E-state index contributed by atoms with van der Waals surface area (Å²) >= 11 is 0. The average Bonchev–Trinajstić information content (AvgIpc) is 3.58. The van der Waals surface area contributed by atoms with E-state index in [1.165, 1.54) is 6.54 Å². The number of nitrogens with two attached hydrogens (primary N) is 1. The minimum atomic E-state index is -0.0789. The predicted octanol–water partition coefficient (Wildman–Crippen LogP) is 3.31. The standard InChI is InChI=1S/C27H39N7O/c1-26(2)17-30-10-13-34(26)16-19-6-11-33(12-7-19)24-15-23(31-18-32-24)25(29)21-14-20(4-5-22(21)28)35-27(3)8-9-27/h4-5,14-15,18-19,29-30H,6-13,16-17,28H2,1-3H3. The quantitative estimate of drug-likeness (QED) is 0.415. The summed E-state index contributed by atoms with van der Waals surface area (Å²) in [7, 11) is 0. The number of piperazine rings is 1. The summed E-state index contributed by atoms with van der Waals surface area (Å²) in [6.07, 6.45) is 5.99. The van der Waals surface area contributed by atoms with Gasteiger partial charge < -0.3 is 20.7 Å². The van der Waals surface area contributed by atoms with Crippen molar-refractivity contribution in [2.24, 2.45) is 5.92 Å². The van der Waals surface area contributed by atoms with Crippen molar-refractivity contribution in [1.82, 2.24) is 20.2 Å². The van der Waals surface area contributed by atoms with Crippen LogP contribution in [0.2, 0.25) is 0 Å². The van der Waals surface area contributed by atoms with Gasteiger partial charge in [-0.1, -0.05) is 0 Å². The van der Waals surface area contributed by atoms with Crippen molar-refractivity contribution in [2.45, 2.75) is 57.6 Å². The fourth-order valence-corrected chi connectivity index (χ4v) is 5.19. The van der Waals surface area contributed by atoms with E-state index in [9.17, 15) is 0 Å². The maximum atomic E-state index is 8.82. The summed E-state index contributed by atoms with van der Waals surface area (Å²) in [5.74, 6) is 2.35. The van der Waals surface area contributed by atoms with Crippen LogP contribution in [0.15, 0.2) is 30.6 Å². The van der Waals surface area contributed by atoms with Crippen LogP contribution in [0, 0.1) is 11.3 Å². The third-order valence-corrected chi connectivity index (χ3v) is 7.91. The summed E-state index contributed by atoms with van der Waals surface area (Å²) in [6.45, 7) is 13.2. The number of nitrogens with one attached hydrogen (secondary N) is 2. The van der Waals surface area contributed by atoms with Gasteiger partial charge in [-0.2, -0.15) is 0 Å². The Morgan fingerprint density at radius 2 is 1.91 bits per heavy atom. The Kier molecular flexibility index (Phi) is 6.44. The van der Waals surface area contributed by atoms with Crippen molar-refractivity contribution in [3.63, 3.8) is 0 Å². The largest absolute Gasteiger partial charge is 0.488 e.